The minimum atomic E-state index is 0.668. The standard InChI is InChI=1S/C12H16BrN3S/c1-8(2)4-14-5-9-6-15-16-12(9)11-3-10(13)7-17-11/h3,6-8,14H,4-5H2,1-2H3,(H,15,16). The lowest BCUT2D eigenvalue weighted by atomic mass is 10.2. The van der Waals surface area contributed by atoms with Gasteiger partial charge in [-0.3, -0.25) is 5.10 Å². The van der Waals surface area contributed by atoms with E-state index in [9.17, 15) is 0 Å². The van der Waals surface area contributed by atoms with Gasteiger partial charge in [0.2, 0.25) is 0 Å². The molecule has 0 aliphatic carbocycles. The summed E-state index contributed by atoms with van der Waals surface area (Å²) < 4.78 is 1.12. The summed E-state index contributed by atoms with van der Waals surface area (Å²) in [4.78, 5) is 1.22. The van der Waals surface area contributed by atoms with E-state index in [1.165, 1.54) is 10.4 Å². The van der Waals surface area contributed by atoms with E-state index in [4.69, 9.17) is 0 Å². The Hall–Kier alpha value is -0.650. The number of hydrogen-bond donors (Lipinski definition) is 2. The number of thiophene rings is 1. The fraction of sp³-hybridized carbons (Fsp3) is 0.417. The Morgan fingerprint density at radius 3 is 3.00 bits per heavy atom. The van der Waals surface area contributed by atoms with Crippen LogP contribution in [-0.4, -0.2) is 16.7 Å². The SMILES string of the molecule is CC(C)CNCc1cn[nH]c1-c1cc(Br)cs1. The first-order valence-corrected chi connectivity index (χ1v) is 7.31. The van der Waals surface area contributed by atoms with E-state index in [1.54, 1.807) is 11.3 Å². The van der Waals surface area contributed by atoms with Crippen LogP contribution in [0, 0.1) is 5.92 Å². The molecule has 0 radical (unpaired) electrons. The van der Waals surface area contributed by atoms with Gasteiger partial charge < -0.3 is 5.32 Å². The first kappa shape index (κ1) is 12.8. The molecule has 2 aromatic heterocycles. The van der Waals surface area contributed by atoms with Gasteiger partial charge in [0.15, 0.2) is 0 Å². The molecule has 2 rings (SSSR count). The van der Waals surface area contributed by atoms with Crippen molar-refractivity contribution in [1.82, 2.24) is 15.5 Å². The molecule has 2 N–H and O–H groups in total. The molecule has 0 aromatic carbocycles. The van der Waals surface area contributed by atoms with E-state index in [0.29, 0.717) is 5.92 Å². The highest BCUT2D eigenvalue weighted by atomic mass is 79.9. The summed E-state index contributed by atoms with van der Waals surface area (Å²) >= 11 is 5.19. The maximum Gasteiger partial charge on any atom is 0.0795 e. The summed E-state index contributed by atoms with van der Waals surface area (Å²) in [5.41, 5.74) is 2.34. The molecule has 3 nitrogen and oxygen atoms in total. The highest BCUT2D eigenvalue weighted by Gasteiger charge is 2.09. The number of nitrogens with one attached hydrogen (secondary N) is 2. The molecule has 0 fully saturated rings. The van der Waals surface area contributed by atoms with Gasteiger partial charge in [0.25, 0.3) is 0 Å². The highest BCUT2D eigenvalue weighted by Crippen LogP contribution is 2.30. The van der Waals surface area contributed by atoms with Crippen molar-refractivity contribution < 1.29 is 0 Å². The molecule has 0 bridgehead atoms. The molecule has 0 amide bonds. The van der Waals surface area contributed by atoms with E-state index in [0.717, 1.165) is 23.3 Å². The third kappa shape index (κ3) is 3.40. The van der Waals surface area contributed by atoms with Crippen molar-refractivity contribution in [2.45, 2.75) is 20.4 Å². The van der Waals surface area contributed by atoms with Gasteiger partial charge in [-0.1, -0.05) is 13.8 Å². The minimum absolute atomic E-state index is 0.668. The molecule has 17 heavy (non-hydrogen) atoms. The summed E-state index contributed by atoms with van der Waals surface area (Å²) in [6.45, 7) is 6.30. The van der Waals surface area contributed by atoms with Gasteiger partial charge in [-0.2, -0.15) is 5.10 Å². The van der Waals surface area contributed by atoms with Gasteiger partial charge >= 0.3 is 0 Å². The van der Waals surface area contributed by atoms with Gasteiger partial charge in [-0.05, 0) is 34.5 Å². The van der Waals surface area contributed by atoms with Crippen molar-refractivity contribution >= 4 is 27.3 Å². The van der Waals surface area contributed by atoms with Gasteiger partial charge in [-0.15, -0.1) is 11.3 Å². The van der Waals surface area contributed by atoms with Crippen molar-refractivity contribution in [3.63, 3.8) is 0 Å². The van der Waals surface area contributed by atoms with Gasteiger partial charge in [0.05, 0.1) is 16.8 Å². The molecule has 0 atom stereocenters. The first-order valence-electron chi connectivity index (χ1n) is 5.64. The molecule has 0 saturated carbocycles. The average Bonchev–Trinajstić information content (AvgIpc) is 2.86. The fourth-order valence-corrected chi connectivity index (χ4v) is 3.06. The van der Waals surface area contributed by atoms with Crippen LogP contribution in [0.3, 0.4) is 0 Å². The van der Waals surface area contributed by atoms with E-state index in [-0.39, 0.29) is 0 Å². The number of aromatic amines is 1. The lowest BCUT2D eigenvalue weighted by molar-refractivity contribution is 0.553. The smallest absolute Gasteiger partial charge is 0.0795 e. The molecule has 0 spiro atoms. The minimum Gasteiger partial charge on any atom is -0.312 e. The largest absolute Gasteiger partial charge is 0.312 e. The van der Waals surface area contributed by atoms with E-state index < -0.39 is 0 Å². The zero-order valence-corrected chi connectivity index (χ0v) is 12.4. The number of nitrogens with zero attached hydrogens (tertiary/aromatic N) is 1. The molecule has 0 unspecified atom stereocenters. The predicted octanol–water partition coefficient (Wildman–Crippen LogP) is 3.65. The molecule has 92 valence electrons. The summed E-state index contributed by atoms with van der Waals surface area (Å²) in [6.07, 6.45) is 1.90. The Balaban J connectivity index is 2.07. The Bertz CT molecular complexity index is 476. The quantitative estimate of drug-likeness (QED) is 0.884. The van der Waals surface area contributed by atoms with Crippen LogP contribution in [0.15, 0.2) is 22.1 Å². The second kappa shape index (κ2) is 5.80. The average molecular weight is 314 g/mol. The third-order valence-corrected chi connectivity index (χ3v) is 4.11. The summed E-state index contributed by atoms with van der Waals surface area (Å²) in [5, 5.41) is 12.7. The number of H-pyrrole nitrogens is 1. The van der Waals surface area contributed by atoms with Crippen molar-refractivity contribution in [3.8, 4) is 10.6 Å². The van der Waals surface area contributed by atoms with E-state index >= 15 is 0 Å². The van der Waals surface area contributed by atoms with Crippen molar-refractivity contribution in [3.05, 3.63) is 27.7 Å². The number of aromatic nitrogens is 2. The predicted molar refractivity (Wildman–Crippen MR) is 76.1 cm³/mol. The van der Waals surface area contributed by atoms with Crippen LogP contribution in [0.5, 0.6) is 0 Å². The van der Waals surface area contributed by atoms with Crippen LogP contribution >= 0.6 is 27.3 Å². The lowest BCUT2D eigenvalue weighted by Crippen LogP contribution is -2.18. The molecule has 0 saturated heterocycles. The van der Waals surface area contributed by atoms with Crippen LogP contribution < -0.4 is 5.32 Å². The topological polar surface area (TPSA) is 40.7 Å². The second-order valence-electron chi connectivity index (χ2n) is 4.42. The molecule has 5 heteroatoms. The molecule has 0 aliphatic rings. The maximum absolute atomic E-state index is 4.13. The lowest BCUT2D eigenvalue weighted by Gasteiger charge is -2.06. The first-order chi connectivity index (χ1) is 8.16. The van der Waals surface area contributed by atoms with Crippen molar-refractivity contribution in [2.75, 3.05) is 6.54 Å². The fourth-order valence-electron chi connectivity index (χ4n) is 1.60. The van der Waals surface area contributed by atoms with Gasteiger partial charge in [-0.25, -0.2) is 0 Å². The number of hydrogen-bond acceptors (Lipinski definition) is 3. The summed E-state index contributed by atoms with van der Waals surface area (Å²) in [7, 11) is 0. The zero-order valence-electron chi connectivity index (χ0n) is 9.96. The van der Waals surface area contributed by atoms with Crippen LogP contribution in [-0.2, 0) is 6.54 Å². The van der Waals surface area contributed by atoms with Crippen LogP contribution in [0.1, 0.15) is 19.4 Å². The normalized spacial score (nSPS) is 11.3. The number of halogens is 1. The monoisotopic (exact) mass is 313 g/mol. The van der Waals surface area contributed by atoms with E-state index in [2.05, 4.69) is 56.7 Å². The van der Waals surface area contributed by atoms with Crippen LogP contribution in [0.4, 0.5) is 0 Å². The van der Waals surface area contributed by atoms with Crippen molar-refractivity contribution in [2.24, 2.45) is 5.92 Å². The van der Waals surface area contributed by atoms with Crippen LogP contribution in [0.25, 0.3) is 10.6 Å². The Morgan fingerprint density at radius 1 is 1.53 bits per heavy atom. The molecular weight excluding hydrogens is 298 g/mol. The zero-order chi connectivity index (χ0) is 12.3. The molecule has 2 heterocycles. The molecular formula is C12H16BrN3S. The second-order valence-corrected chi connectivity index (χ2v) is 6.25. The third-order valence-electron chi connectivity index (χ3n) is 2.40. The van der Waals surface area contributed by atoms with Gasteiger partial charge in [0, 0.05) is 22.0 Å². The van der Waals surface area contributed by atoms with Crippen LogP contribution in [0.2, 0.25) is 0 Å². The Kier molecular flexibility index (Phi) is 4.36. The Labute approximate surface area is 114 Å². The van der Waals surface area contributed by atoms with E-state index in [1.807, 2.05) is 6.20 Å². The summed E-state index contributed by atoms with van der Waals surface area (Å²) in [5.74, 6) is 0.668. The highest BCUT2D eigenvalue weighted by molar-refractivity contribution is 9.10. The number of rotatable bonds is 5. The summed E-state index contributed by atoms with van der Waals surface area (Å²) in [6, 6.07) is 2.12. The van der Waals surface area contributed by atoms with Gasteiger partial charge in [0.1, 0.15) is 0 Å². The Morgan fingerprint density at radius 2 is 2.35 bits per heavy atom. The van der Waals surface area contributed by atoms with Crippen molar-refractivity contribution in [1.29, 1.82) is 0 Å². The maximum atomic E-state index is 4.13. The molecule has 2 aromatic rings. The molecule has 0 aliphatic heterocycles.